The van der Waals surface area contributed by atoms with Crippen LogP contribution in [-0.4, -0.2) is 17.2 Å². The van der Waals surface area contributed by atoms with E-state index in [1.807, 2.05) is 6.07 Å². The molecular formula is C32H55NOS. The normalized spacial score (nSPS) is 17.1. The molecule has 2 nitrogen and oxygen atoms in total. The van der Waals surface area contributed by atoms with E-state index in [0.29, 0.717) is 6.42 Å². The lowest BCUT2D eigenvalue weighted by Gasteiger charge is -2.30. The molecule has 200 valence electrons. The van der Waals surface area contributed by atoms with Gasteiger partial charge in [0.05, 0.1) is 0 Å². The summed E-state index contributed by atoms with van der Waals surface area (Å²) in [4.78, 5) is 11.2. The fourth-order valence-electron chi connectivity index (χ4n) is 5.81. The lowest BCUT2D eigenvalue weighted by molar-refractivity contribution is -0.110. The van der Waals surface area contributed by atoms with Gasteiger partial charge < -0.3 is 5.32 Å². The van der Waals surface area contributed by atoms with Crippen molar-refractivity contribution in [1.82, 2.24) is 5.32 Å². The minimum absolute atomic E-state index is 0.0458. The van der Waals surface area contributed by atoms with E-state index >= 15 is 0 Å². The minimum atomic E-state index is -0.0458. The summed E-state index contributed by atoms with van der Waals surface area (Å²) in [6, 6.07) is 10.0. The molecule has 0 saturated heterocycles. The lowest BCUT2D eigenvalue weighted by atomic mass is 9.91. The van der Waals surface area contributed by atoms with Crippen molar-refractivity contribution in [2.45, 2.75) is 160 Å². The highest BCUT2D eigenvalue weighted by Crippen LogP contribution is 2.22. The van der Waals surface area contributed by atoms with Crippen LogP contribution < -0.4 is 5.32 Å². The number of unbranched alkanes of at least 4 members (excludes halogenated alkanes) is 9. The number of carbonyl (C=O) groups excluding carboxylic acids is 1. The Morgan fingerprint density at radius 1 is 0.714 bits per heavy atom. The van der Waals surface area contributed by atoms with E-state index in [-0.39, 0.29) is 5.12 Å². The average molecular weight is 502 g/mol. The maximum Gasteiger partial charge on any atom is 0.190 e. The Balaban J connectivity index is 0.000000279. The van der Waals surface area contributed by atoms with Gasteiger partial charge in [-0.3, -0.25) is 4.79 Å². The van der Waals surface area contributed by atoms with Crippen molar-refractivity contribution in [2.75, 3.05) is 0 Å². The molecule has 35 heavy (non-hydrogen) atoms. The van der Waals surface area contributed by atoms with Gasteiger partial charge in [0.15, 0.2) is 5.12 Å². The van der Waals surface area contributed by atoms with E-state index in [9.17, 15) is 4.79 Å². The van der Waals surface area contributed by atoms with Crippen LogP contribution in [0.25, 0.3) is 0 Å². The Kier molecular flexibility index (Phi) is 17.6. The third-order valence-corrected chi connectivity index (χ3v) is 8.10. The highest BCUT2D eigenvalue weighted by atomic mass is 32.1. The summed E-state index contributed by atoms with van der Waals surface area (Å²) in [5.74, 6) is 0. The van der Waals surface area contributed by atoms with E-state index in [1.165, 1.54) is 134 Å². The smallest absolute Gasteiger partial charge is 0.190 e. The first-order valence-corrected chi connectivity index (χ1v) is 15.7. The van der Waals surface area contributed by atoms with Gasteiger partial charge in [-0.15, -0.1) is 12.6 Å². The fraction of sp³-hybridized carbons (Fsp3) is 0.781. The van der Waals surface area contributed by atoms with E-state index in [2.05, 4.69) is 43.1 Å². The number of rotatable bonds is 15. The summed E-state index contributed by atoms with van der Waals surface area (Å²) in [5, 5.41) is 3.81. The zero-order chi connectivity index (χ0) is 25.0. The second-order valence-electron chi connectivity index (χ2n) is 11.1. The van der Waals surface area contributed by atoms with Crippen molar-refractivity contribution in [3.05, 3.63) is 35.4 Å². The first-order chi connectivity index (χ1) is 17.2. The van der Waals surface area contributed by atoms with Crippen LogP contribution in [0.2, 0.25) is 0 Å². The number of nitrogens with one attached hydrogen (secondary N) is 1. The Morgan fingerprint density at radius 2 is 1.17 bits per heavy atom. The number of aryl methyl sites for hydroxylation is 1. The van der Waals surface area contributed by atoms with Gasteiger partial charge >= 0.3 is 0 Å². The van der Waals surface area contributed by atoms with Crippen molar-refractivity contribution in [3.63, 3.8) is 0 Å². The highest BCUT2D eigenvalue weighted by Gasteiger charge is 2.19. The van der Waals surface area contributed by atoms with Gasteiger partial charge in [-0.1, -0.05) is 128 Å². The third kappa shape index (κ3) is 15.1. The van der Waals surface area contributed by atoms with Crippen LogP contribution in [0.4, 0.5) is 0 Å². The van der Waals surface area contributed by atoms with Gasteiger partial charge in [0, 0.05) is 18.5 Å². The SMILES string of the molecule is C1CCC(NC2CCCCC2)CC1.CCCCCCCCCCCCc1ccccc1CC(=O)S. The first kappa shape index (κ1) is 30.4. The second-order valence-corrected chi connectivity index (χ2v) is 11.6. The van der Waals surface area contributed by atoms with Crippen molar-refractivity contribution in [1.29, 1.82) is 0 Å². The van der Waals surface area contributed by atoms with Crippen LogP contribution >= 0.6 is 12.6 Å². The fourth-order valence-corrected chi connectivity index (χ4v) is 5.98. The van der Waals surface area contributed by atoms with Crippen LogP contribution in [-0.2, 0) is 17.6 Å². The second kappa shape index (κ2) is 20.3. The predicted molar refractivity (Wildman–Crippen MR) is 157 cm³/mol. The molecule has 0 atom stereocenters. The minimum Gasteiger partial charge on any atom is -0.311 e. The zero-order valence-corrected chi connectivity index (χ0v) is 23.8. The molecule has 2 aliphatic carbocycles. The van der Waals surface area contributed by atoms with Gasteiger partial charge in [-0.25, -0.2) is 0 Å². The summed E-state index contributed by atoms with van der Waals surface area (Å²) in [5.41, 5.74) is 2.47. The number of hydrogen-bond acceptors (Lipinski definition) is 2. The number of carbonyl (C=O) groups is 1. The van der Waals surface area contributed by atoms with Crippen LogP contribution in [0.1, 0.15) is 146 Å². The molecule has 0 amide bonds. The van der Waals surface area contributed by atoms with E-state index < -0.39 is 0 Å². The van der Waals surface area contributed by atoms with Gasteiger partial charge in [-0.2, -0.15) is 0 Å². The molecule has 1 aromatic carbocycles. The molecule has 0 aliphatic heterocycles. The molecule has 3 heteroatoms. The molecule has 0 radical (unpaired) electrons. The standard InChI is InChI=1S/C20H32OS.C12H23N/c1-2-3-4-5-6-7-8-9-10-11-14-18-15-12-13-16-19(18)17-20(21)22;1-3-7-11(8-4-1)13-12-9-5-2-6-10-12/h12-13,15-16H,2-11,14,17H2,1H3,(H,21,22);11-13H,1-10H2. The van der Waals surface area contributed by atoms with E-state index in [0.717, 1.165) is 24.1 Å². The van der Waals surface area contributed by atoms with Gasteiger partial charge in [-0.05, 0) is 49.7 Å². The molecule has 0 heterocycles. The van der Waals surface area contributed by atoms with Crippen LogP contribution in [0.3, 0.4) is 0 Å². The maximum atomic E-state index is 11.2. The molecule has 2 aliphatic rings. The molecule has 1 N–H and O–H groups in total. The Morgan fingerprint density at radius 3 is 1.66 bits per heavy atom. The van der Waals surface area contributed by atoms with E-state index in [4.69, 9.17) is 0 Å². The Hall–Kier alpha value is -0.800. The maximum absolute atomic E-state index is 11.2. The van der Waals surface area contributed by atoms with Crippen LogP contribution in [0.5, 0.6) is 0 Å². The molecule has 0 unspecified atom stereocenters. The van der Waals surface area contributed by atoms with Crippen molar-refractivity contribution >= 4 is 17.7 Å². The monoisotopic (exact) mass is 501 g/mol. The summed E-state index contributed by atoms with van der Waals surface area (Å²) in [6.07, 6.45) is 29.7. The third-order valence-electron chi connectivity index (χ3n) is 7.94. The first-order valence-electron chi connectivity index (χ1n) is 15.2. The molecule has 0 spiro atoms. The number of benzene rings is 1. The van der Waals surface area contributed by atoms with Gasteiger partial charge in [0.2, 0.25) is 0 Å². The largest absolute Gasteiger partial charge is 0.311 e. The van der Waals surface area contributed by atoms with Crippen LogP contribution in [0, 0.1) is 0 Å². The summed E-state index contributed by atoms with van der Waals surface area (Å²) in [6.45, 7) is 2.27. The quantitative estimate of drug-likeness (QED) is 0.185. The molecule has 0 bridgehead atoms. The summed E-state index contributed by atoms with van der Waals surface area (Å²) in [7, 11) is 0. The molecule has 3 rings (SSSR count). The van der Waals surface area contributed by atoms with E-state index in [1.54, 1.807) is 0 Å². The molecular weight excluding hydrogens is 446 g/mol. The molecule has 0 aromatic heterocycles. The van der Waals surface area contributed by atoms with Crippen molar-refractivity contribution in [2.24, 2.45) is 0 Å². The lowest BCUT2D eigenvalue weighted by Crippen LogP contribution is -2.40. The Bertz CT molecular complexity index is 633. The number of thiol groups is 1. The van der Waals surface area contributed by atoms with Gasteiger partial charge in [0.25, 0.3) is 0 Å². The zero-order valence-electron chi connectivity index (χ0n) is 22.9. The summed E-state index contributed by atoms with van der Waals surface area (Å²) >= 11 is 3.90. The molecule has 1 aromatic rings. The van der Waals surface area contributed by atoms with Crippen LogP contribution in [0.15, 0.2) is 24.3 Å². The summed E-state index contributed by atoms with van der Waals surface area (Å²) < 4.78 is 0. The number of hydrogen-bond donors (Lipinski definition) is 2. The average Bonchev–Trinajstić information content (AvgIpc) is 2.87. The van der Waals surface area contributed by atoms with Crippen molar-refractivity contribution in [3.8, 4) is 0 Å². The highest BCUT2D eigenvalue weighted by molar-refractivity contribution is 7.96. The predicted octanol–water partition coefficient (Wildman–Crippen LogP) is 9.39. The Labute approximate surface area is 223 Å². The van der Waals surface area contributed by atoms with Gasteiger partial charge in [0.1, 0.15) is 0 Å². The topological polar surface area (TPSA) is 29.1 Å². The molecule has 2 fully saturated rings. The molecule has 2 saturated carbocycles. The van der Waals surface area contributed by atoms with Crippen molar-refractivity contribution < 1.29 is 4.79 Å².